The summed E-state index contributed by atoms with van der Waals surface area (Å²) in [7, 11) is 4.91. The Balaban J connectivity index is 1.73. The van der Waals surface area contributed by atoms with Crippen LogP contribution in [0.4, 0.5) is 10.3 Å². The largest absolute Gasteiger partial charge is 0.497 e. The summed E-state index contributed by atoms with van der Waals surface area (Å²) in [5.74, 6) is 2.19. The Hall–Kier alpha value is -2.58. The molecule has 0 amide bonds. The summed E-state index contributed by atoms with van der Waals surface area (Å²) < 4.78 is 18.1. The highest BCUT2D eigenvalue weighted by Crippen LogP contribution is 2.39. The number of hydrogen-bond acceptors (Lipinski definition) is 8. The zero-order valence-electron chi connectivity index (χ0n) is 13.8. The van der Waals surface area contributed by atoms with Crippen molar-refractivity contribution in [3.8, 4) is 17.2 Å². The van der Waals surface area contributed by atoms with Gasteiger partial charge in [-0.1, -0.05) is 28.7 Å². The van der Waals surface area contributed by atoms with Crippen molar-refractivity contribution in [3.63, 3.8) is 0 Å². The molecule has 0 aliphatic carbocycles. The summed E-state index contributed by atoms with van der Waals surface area (Å²) >= 11 is 3.08. The summed E-state index contributed by atoms with van der Waals surface area (Å²) in [6.45, 7) is 0. The van der Waals surface area contributed by atoms with Crippen molar-refractivity contribution in [1.29, 1.82) is 0 Å². The highest BCUT2D eigenvalue weighted by molar-refractivity contribution is 7.24. The maximum absolute atomic E-state index is 5.42. The minimum atomic E-state index is 0.685. The zero-order chi connectivity index (χ0) is 17.4. The van der Waals surface area contributed by atoms with Gasteiger partial charge < -0.3 is 19.5 Å². The first-order valence-corrected chi connectivity index (χ1v) is 9.08. The number of ether oxygens (including phenoxy) is 3. The van der Waals surface area contributed by atoms with Crippen molar-refractivity contribution in [2.45, 2.75) is 0 Å². The number of nitrogens with one attached hydrogen (secondary N) is 1. The van der Waals surface area contributed by atoms with Crippen LogP contribution in [0, 0.1) is 0 Å². The molecule has 0 radical (unpaired) electrons. The van der Waals surface area contributed by atoms with Gasteiger partial charge in [0.25, 0.3) is 0 Å². The molecule has 0 bridgehead atoms. The Labute approximate surface area is 152 Å². The molecule has 0 unspecified atom stereocenters. The molecule has 0 aliphatic heterocycles. The first kappa shape index (κ1) is 15.9. The van der Waals surface area contributed by atoms with Gasteiger partial charge in [0.1, 0.15) is 28.3 Å². The molecule has 25 heavy (non-hydrogen) atoms. The summed E-state index contributed by atoms with van der Waals surface area (Å²) in [6, 6.07) is 9.65. The molecule has 0 aliphatic rings. The fourth-order valence-corrected chi connectivity index (χ4v) is 4.39. The lowest BCUT2D eigenvalue weighted by molar-refractivity contribution is 0.397. The number of fused-ring (bicyclic) bond motifs is 2. The molecule has 0 fully saturated rings. The molecule has 0 saturated carbocycles. The molecule has 2 aromatic carbocycles. The zero-order valence-corrected chi connectivity index (χ0v) is 15.5. The first-order chi connectivity index (χ1) is 12.2. The predicted octanol–water partition coefficient (Wildman–Crippen LogP) is 4.68. The van der Waals surface area contributed by atoms with Crippen LogP contribution in [-0.2, 0) is 0 Å². The van der Waals surface area contributed by atoms with E-state index in [1.807, 2.05) is 30.3 Å². The monoisotopic (exact) mass is 373 g/mol. The van der Waals surface area contributed by atoms with Crippen molar-refractivity contribution < 1.29 is 14.2 Å². The summed E-state index contributed by atoms with van der Waals surface area (Å²) in [5, 5.41) is 4.80. The average Bonchev–Trinajstić information content (AvgIpc) is 3.23. The van der Waals surface area contributed by atoms with E-state index in [-0.39, 0.29) is 0 Å². The molecule has 0 atom stereocenters. The molecule has 2 aromatic heterocycles. The number of benzene rings is 2. The third kappa shape index (κ3) is 2.83. The van der Waals surface area contributed by atoms with Crippen LogP contribution in [0.5, 0.6) is 17.2 Å². The van der Waals surface area contributed by atoms with E-state index in [4.69, 9.17) is 14.2 Å². The lowest BCUT2D eigenvalue weighted by Gasteiger charge is -2.03. The second-order valence-corrected chi connectivity index (χ2v) is 7.21. The summed E-state index contributed by atoms with van der Waals surface area (Å²) in [4.78, 5) is 9.25. The van der Waals surface area contributed by atoms with Gasteiger partial charge in [0.2, 0.25) is 0 Å². The molecule has 6 nitrogen and oxygen atoms in total. The van der Waals surface area contributed by atoms with Crippen molar-refractivity contribution in [1.82, 2.24) is 9.97 Å². The fourth-order valence-electron chi connectivity index (χ4n) is 2.53. The van der Waals surface area contributed by atoms with Crippen LogP contribution < -0.4 is 19.5 Å². The molecular weight excluding hydrogens is 358 g/mol. The number of para-hydroxylation sites is 1. The minimum Gasteiger partial charge on any atom is -0.497 e. The van der Waals surface area contributed by atoms with Gasteiger partial charge in [-0.05, 0) is 18.2 Å². The number of nitrogens with zero attached hydrogens (tertiary/aromatic N) is 2. The Morgan fingerprint density at radius 2 is 1.48 bits per heavy atom. The molecule has 4 aromatic rings. The number of thiazole rings is 2. The van der Waals surface area contributed by atoms with E-state index in [0.29, 0.717) is 5.75 Å². The quantitative estimate of drug-likeness (QED) is 0.548. The van der Waals surface area contributed by atoms with Gasteiger partial charge in [-0.2, -0.15) is 0 Å². The van der Waals surface area contributed by atoms with E-state index in [1.54, 1.807) is 32.7 Å². The first-order valence-electron chi connectivity index (χ1n) is 7.45. The molecule has 4 rings (SSSR count). The van der Waals surface area contributed by atoms with Gasteiger partial charge in [-0.3, -0.25) is 0 Å². The van der Waals surface area contributed by atoms with E-state index in [0.717, 1.165) is 42.2 Å². The van der Waals surface area contributed by atoms with Gasteiger partial charge in [-0.15, -0.1) is 0 Å². The molecule has 2 heterocycles. The Morgan fingerprint density at radius 1 is 0.800 bits per heavy atom. The second kappa shape index (κ2) is 6.38. The smallest absolute Gasteiger partial charge is 0.190 e. The van der Waals surface area contributed by atoms with Crippen LogP contribution >= 0.6 is 22.7 Å². The number of anilines is 2. The maximum Gasteiger partial charge on any atom is 0.190 e. The Bertz CT molecular complexity index is 1060. The van der Waals surface area contributed by atoms with Gasteiger partial charge >= 0.3 is 0 Å². The Kier molecular flexibility index (Phi) is 4.06. The van der Waals surface area contributed by atoms with Crippen LogP contribution in [0.2, 0.25) is 0 Å². The maximum atomic E-state index is 5.42. The fraction of sp³-hybridized carbons (Fsp3) is 0.176. The molecule has 8 heteroatoms. The number of methoxy groups -OCH3 is 3. The van der Waals surface area contributed by atoms with Crippen molar-refractivity contribution in [2.75, 3.05) is 26.6 Å². The van der Waals surface area contributed by atoms with Gasteiger partial charge in [0, 0.05) is 6.07 Å². The van der Waals surface area contributed by atoms with E-state index < -0.39 is 0 Å². The van der Waals surface area contributed by atoms with Crippen LogP contribution in [0.1, 0.15) is 0 Å². The van der Waals surface area contributed by atoms with Crippen molar-refractivity contribution >= 4 is 53.4 Å². The minimum absolute atomic E-state index is 0.685. The van der Waals surface area contributed by atoms with E-state index >= 15 is 0 Å². The highest BCUT2D eigenvalue weighted by Gasteiger charge is 2.14. The van der Waals surface area contributed by atoms with Crippen LogP contribution in [-0.4, -0.2) is 31.3 Å². The Morgan fingerprint density at radius 3 is 2.16 bits per heavy atom. The lowest BCUT2D eigenvalue weighted by Crippen LogP contribution is -1.90. The molecule has 1 N–H and O–H groups in total. The summed E-state index contributed by atoms with van der Waals surface area (Å²) in [6.07, 6.45) is 0. The summed E-state index contributed by atoms with van der Waals surface area (Å²) in [5.41, 5.74) is 1.65. The molecular formula is C17H15N3O3S2. The van der Waals surface area contributed by atoms with Gasteiger partial charge in [0.15, 0.2) is 10.3 Å². The SMILES string of the molecule is COc1cc(OC)c2nc(Nc3nc4c(OC)cccc4s3)sc2c1. The normalized spacial score (nSPS) is 11.0. The average molecular weight is 373 g/mol. The highest BCUT2D eigenvalue weighted by atomic mass is 32.1. The molecule has 128 valence electrons. The lowest BCUT2D eigenvalue weighted by atomic mass is 10.3. The third-order valence-electron chi connectivity index (χ3n) is 3.70. The molecule has 0 saturated heterocycles. The molecule has 0 spiro atoms. The number of hydrogen-bond donors (Lipinski definition) is 1. The van der Waals surface area contributed by atoms with Gasteiger partial charge in [0.05, 0.1) is 30.7 Å². The van der Waals surface area contributed by atoms with Crippen LogP contribution in [0.3, 0.4) is 0 Å². The van der Waals surface area contributed by atoms with E-state index in [9.17, 15) is 0 Å². The topological polar surface area (TPSA) is 65.5 Å². The van der Waals surface area contributed by atoms with Crippen LogP contribution in [0.25, 0.3) is 20.4 Å². The van der Waals surface area contributed by atoms with Crippen molar-refractivity contribution in [3.05, 3.63) is 30.3 Å². The van der Waals surface area contributed by atoms with Crippen molar-refractivity contribution in [2.24, 2.45) is 0 Å². The number of aromatic nitrogens is 2. The number of rotatable bonds is 5. The van der Waals surface area contributed by atoms with Gasteiger partial charge in [-0.25, -0.2) is 9.97 Å². The predicted molar refractivity (Wildman–Crippen MR) is 102 cm³/mol. The standard InChI is InChI=1S/C17H15N3O3S2/c1-21-9-7-11(23-3)15-13(8-9)25-17(19-15)20-16-18-14-10(22-2)5-4-6-12(14)24-16/h4-8H,1-3H3,(H,18,19,20). The second-order valence-electron chi connectivity index (χ2n) is 5.15. The van der Waals surface area contributed by atoms with E-state index in [1.165, 1.54) is 11.3 Å². The van der Waals surface area contributed by atoms with Crippen LogP contribution in [0.15, 0.2) is 30.3 Å². The van der Waals surface area contributed by atoms with E-state index in [2.05, 4.69) is 15.3 Å². The third-order valence-corrected chi connectivity index (χ3v) is 5.56.